The number of carbonyl (C=O) groups excluding carboxylic acids is 1. The van der Waals surface area contributed by atoms with Crippen molar-refractivity contribution in [2.75, 3.05) is 45.8 Å². The zero-order valence-electron chi connectivity index (χ0n) is 35.4. The minimum Gasteiger partial charge on any atom is -0.369 e. The van der Waals surface area contributed by atoms with E-state index in [-0.39, 0.29) is 17.5 Å². The lowest BCUT2D eigenvalue weighted by atomic mass is 9.99. The third-order valence-electron chi connectivity index (χ3n) is 8.78. The molecular weight excluding hydrogens is 691 g/mol. The molecule has 1 saturated carbocycles. The largest absolute Gasteiger partial charge is 0.369 e. The molecule has 13 nitrogen and oxygen atoms in total. The Morgan fingerprint density at radius 2 is 1.31 bits per heavy atom. The summed E-state index contributed by atoms with van der Waals surface area (Å²) in [5.41, 5.74) is 8.35. The van der Waals surface area contributed by atoms with Gasteiger partial charge in [0.15, 0.2) is 5.65 Å². The number of imidazole rings is 1. The van der Waals surface area contributed by atoms with E-state index >= 15 is 0 Å². The van der Waals surface area contributed by atoms with Gasteiger partial charge in [0.1, 0.15) is 11.8 Å². The number of nitrogens with zero attached hydrogens (tertiary/aromatic N) is 6. The van der Waals surface area contributed by atoms with Crippen molar-refractivity contribution in [3.63, 3.8) is 0 Å². The molecule has 0 bridgehead atoms. The summed E-state index contributed by atoms with van der Waals surface area (Å²) in [6.45, 7) is 33.9. The molecule has 3 atom stereocenters. The van der Waals surface area contributed by atoms with Gasteiger partial charge in [-0.15, -0.1) is 39.5 Å². The van der Waals surface area contributed by atoms with E-state index in [1.54, 1.807) is 38.9 Å². The number of rotatable bonds is 1. The van der Waals surface area contributed by atoms with Gasteiger partial charge in [-0.3, -0.25) is 4.79 Å². The predicted octanol–water partition coefficient (Wildman–Crippen LogP) is 5.55. The Kier molecular flexibility index (Phi) is 34.4. The number of fused-ring (bicyclic) bond motifs is 1. The van der Waals surface area contributed by atoms with Crippen LogP contribution in [0.4, 0.5) is 0 Å². The smallest absolute Gasteiger partial charge is 0.347 e. The van der Waals surface area contributed by atoms with Gasteiger partial charge in [0, 0.05) is 58.2 Å². The summed E-state index contributed by atoms with van der Waals surface area (Å²) in [5.74, 6) is 0.842. The van der Waals surface area contributed by atoms with Crippen molar-refractivity contribution >= 4 is 17.1 Å². The number of piperidine rings is 2. The van der Waals surface area contributed by atoms with E-state index in [4.69, 9.17) is 5.73 Å². The highest BCUT2D eigenvalue weighted by atomic mass is 16.1. The minimum atomic E-state index is -0.199. The molecule has 1 amide bonds. The molecule has 0 radical (unpaired) electrons. The fraction of sp³-hybridized carbons (Fsp3) is 0.619. The topological polar surface area (TPSA) is 170 Å². The van der Waals surface area contributed by atoms with Crippen LogP contribution in [0.15, 0.2) is 69.2 Å². The summed E-state index contributed by atoms with van der Waals surface area (Å²) >= 11 is 0. The highest BCUT2D eigenvalue weighted by Gasteiger charge is 2.17. The summed E-state index contributed by atoms with van der Waals surface area (Å²) in [6, 6.07) is 2.47. The standard InChI is InChI=1S/C7H8N4.C6H8N2O.C6H12N2O.C6H13N.C6H12.C5H12N2.3C2H4/c1-5-6-7(9-3-8-5)11(2)4-10-6;1-5-3-4-8(2)6(9)7-5;7-6(9)5-2-1-3-8-4-5;1-6-3-2-4-7-5-6;1-2-4-6-5-3-1;1-5-4-6-2-3-7-5;3*1-2/h3-4H,1-2H3;3-4H,1-2H3;5,8H,1-4H2,(H2,7,9);6-7H,2-5H2,1H3;1-6H2;5-7H,2-4H2,1H3;3*1-2H2. The van der Waals surface area contributed by atoms with Crippen molar-refractivity contribution in [3.8, 4) is 0 Å². The highest BCUT2D eigenvalue weighted by Crippen LogP contribution is 2.15. The third kappa shape index (κ3) is 26.4. The van der Waals surface area contributed by atoms with Gasteiger partial charge in [-0.1, -0.05) is 45.4 Å². The molecule has 13 heteroatoms. The molecule has 3 unspecified atom stereocenters. The van der Waals surface area contributed by atoms with E-state index in [0.717, 1.165) is 74.0 Å². The maximum absolute atomic E-state index is 10.7. The van der Waals surface area contributed by atoms with E-state index in [0.29, 0.717) is 6.04 Å². The van der Waals surface area contributed by atoms with Crippen molar-refractivity contribution in [3.05, 3.63) is 86.3 Å². The molecule has 0 spiro atoms. The molecule has 3 aliphatic heterocycles. The van der Waals surface area contributed by atoms with Crippen LogP contribution in [-0.4, -0.2) is 86.8 Å². The first-order valence-corrected chi connectivity index (χ1v) is 19.8. The first kappa shape index (κ1) is 53.1. The van der Waals surface area contributed by atoms with Crippen LogP contribution in [0.1, 0.15) is 89.4 Å². The van der Waals surface area contributed by atoms with Gasteiger partial charge < -0.3 is 36.1 Å². The van der Waals surface area contributed by atoms with Crippen LogP contribution < -0.4 is 32.7 Å². The Labute approximate surface area is 333 Å². The van der Waals surface area contributed by atoms with E-state index < -0.39 is 0 Å². The second kappa shape index (κ2) is 35.6. The van der Waals surface area contributed by atoms with E-state index in [1.165, 1.54) is 69.0 Å². The zero-order chi connectivity index (χ0) is 41.9. The second-order valence-corrected chi connectivity index (χ2v) is 13.5. The van der Waals surface area contributed by atoms with Crippen LogP contribution >= 0.6 is 0 Å². The number of piperazine rings is 1. The number of nitrogens with one attached hydrogen (secondary N) is 4. The van der Waals surface area contributed by atoms with Gasteiger partial charge in [0.05, 0.1) is 17.9 Å². The van der Waals surface area contributed by atoms with Crippen LogP contribution in [0.25, 0.3) is 11.2 Å². The fourth-order valence-corrected chi connectivity index (χ4v) is 5.59. The Balaban J connectivity index is 0. The summed E-state index contributed by atoms with van der Waals surface area (Å²) < 4.78 is 3.32. The molecule has 6 heterocycles. The number of carbonyl (C=O) groups is 1. The monoisotopic (exact) mass is 768 g/mol. The van der Waals surface area contributed by atoms with Crippen LogP contribution in [0, 0.1) is 25.7 Å². The van der Waals surface area contributed by atoms with Gasteiger partial charge >= 0.3 is 5.69 Å². The van der Waals surface area contributed by atoms with Crippen molar-refractivity contribution in [1.29, 1.82) is 0 Å². The number of nitrogens with two attached hydrogens (primary N) is 1. The molecular formula is C42H77N11O2. The molecule has 3 saturated heterocycles. The van der Waals surface area contributed by atoms with Crippen molar-refractivity contribution in [2.45, 2.75) is 97.9 Å². The molecule has 3 aromatic rings. The average Bonchev–Trinajstić information content (AvgIpc) is 3.63. The molecule has 6 N–H and O–H groups in total. The number of primary amides is 1. The normalized spacial score (nSPS) is 19.5. The van der Waals surface area contributed by atoms with E-state index in [2.05, 4.69) is 94.5 Å². The number of amides is 1. The summed E-state index contributed by atoms with van der Waals surface area (Å²) in [5, 5.41) is 13.0. The van der Waals surface area contributed by atoms with E-state index in [9.17, 15) is 9.59 Å². The first-order valence-electron chi connectivity index (χ1n) is 19.8. The van der Waals surface area contributed by atoms with Crippen LogP contribution in [-0.2, 0) is 18.9 Å². The minimum absolute atomic E-state index is 0.0822. The lowest BCUT2D eigenvalue weighted by Crippen LogP contribution is -2.46. The maximum Gasteiger partial charge on any atom is 0.347 e. The molecule has 0 aromatic carbocycles. The van der Waals surface area contributed by atoms with E-state index in [1.807, 2.05) is 18.5 Å². The summed E-state index contributed by atoms with van der Waals surface area (Å²) in [4.78, 5) is 37.2. The van der Waals surface area contributed by atoms with Gasteiger partial charge in [-0.05, 0) is 78.1 Å². The molecule has 3 aromatic heterocycles. The number of hydrogen-bond acceptors (Lipinski definition) is 10. The number of aryl methyl sites for hydroxylation is 4. The van der Waals surface area contributed by atoms with Gasteiger partial charge in [-0.25, -0.2) is 19.7 Å². The van der Waals surface area contributed by atoms with Crippen LogP contribution in [0.3, 0.4) is 0 Å². The van der Waals surface area contributed by atoms with Gasteiger partial charge in [0.2, 0.25) is 5.91 Å². The van der Waals surface area contributed by atoms with Crippen molar-refractivity contribution < 1.29 is 4.79 Å². The Bertz CT molecular complexity index is 1370. The first-order chi connectivity index (χ1) is 26.6. The maximum atomic E-state index is 10.7. The fourth-order valence-electron chi connectivity index (χ4n) is 5.59. The van der Waals surface area contributed by atoms with Gasteiger partial charge in [0.25, 0.3) is 0 Å². The van der Waals surface area contributed by atoms with Gasteiger partial charge in [-0.2, -0.15) is 4.98 Å². The highest BCUT2D eigenvalue weighted by molar-refractivity contribution is 5.76. The summed E-state index contributed by atoms with van der Waals surface area (Å²) in [7, 11) is 3.59. The predicted molar refractivity (Wildman–Crippen MR) is 233 cm³/mol. The molecule has 1 aliphatic carbocycles. The lowest BCUT2D eigenvalue weighted by Gasteiger charge is -2.19. The van der Waals surface area contributed by atoms with Crippen molar-refractivity contribution in [1.82, 2.24) is 50.3 Å². The molecule has 55 heavy (non-hydrogen) atoms. The molecule has 4 fully saturated rings. The Morgan fingerprint density at radius 1 is 0.745 bits per heavy atom. The second-order valence-electron chi connectivity index (χ2n) is 13.5. The van der Waals surface area contributed by atoms with Crippen LogP contribution in [0.5, 0.6) is 0 Å². The Hall–Kier alpha value is -4.04. The van der Waals surface area contributed by atoms with Crippen LogP contribution in [0.2, 0.25) is 0 Å². The Morgan fingerprint density at radius 3 is 1.65 bits per heavy atom. The number of aromatic nitrogens is 6. The molecule has 312 valence electrons. The lowest BCUT2D eigenvalue weighted by molar-refractivity contribution is -0.122. The average molecular weight is 768 g/mol. The molecule has 4 aliphatic rings. The number of hydrogen-bond donors (Lipinski definition) is 5. The zero-order valence-corrected chi connectivity index (χ0v) is 35.4. The third-order valence-corrected chi connectivity index (χ3v) is 8.78. The molecule has 7 rings (SSSR count). The summed E-state index contributed by atoms with van der Waals surface area (Å²) in [6.07, 6.45) is 18.8. The quantitative estimate of drug-likeness (QED) is 0.198. The SMILES string of the molecule is C1CCCCC1.C=C.C=C.C=C.CC1CCCNC1.CC1CNCCN1.Cc1ccn(C)c(=O)n1.Cc1ncnc2c1ncn2C.NC(=O)C1CCCNC1. The van der Waals surface area contributed by atoms with Crippen molar-refractivity contribution in [2.24, 2.45) is 31.7 Å².